The smallest absolute Gasteiger partial charge is 0.0367 e. The topological polar surface area (TPSA) is 12.0 Å². The third kappa shape index (κ3) is 3.67. The van der Waals surface area contributed by atoms with Crippen LogP contribution in [0, 0.1) is 0 Å². The minimum Gasteiger partial charge on any atom is -0.313 e. The molecule has 2 aromatic rings. The molecule has 0 aliphatic carbocycles. The third-order valence-corrected chi connectivity index (χ3v) is 5.58. The van der Waals surface area contributed by atoms with Crippen LogP contribution in [0.1, 0.15) is 16.5 Å². The zero-order valence-electron chi connectivity index (χ0n) is 9.71. The van der Waals surface area contributed by atoms with Crippen molar-refractivity contribution in [3.63, 3.8) is 0 Å². The van der Waals surface area contributed by atoms with Crippen molar-refractivity contribution in [2.75, 3.05) is 7.05 Å². The van der Waals surface area contributed by atoms with E-state index in [0.717, 1.165) is 15.4 Å². The van der Waals surface area contributed by atoms with E-state index >= 15 is 0 Å². The van der Waals surface area contributed by atoms with E-state index in [1.165, 1.54) is 14.9 Å². The second-order valence-electron chi connectivity index (χ2n) is 3.94. The molecule has 0 spiro atoms. The van der Waals surface area contributed by atoms with Crippen molar-refractivity contribution in [3.05, 3.63) is 53.5 Å². The van der Waals surface area contributed by atoms with Crippen LogP contribution in [-0.4, -0.2) is 7.05 Å². The summed E-state index contributed by atoms with van der Waals surface area (Å²) in [5.41, 5.74) is 1.28. The van der Waals surface area contributed by atoms with Gasteiger partial charge in [-0.25, -0.2) is 0 Å². The first-order chi connectivity index (χ1) is 8.60. The molecular weight excluding hydrogens is 442 g/mol. The summed E-state index contributed by atoms with van der Waals surface area (Å²) in [6, 6.07) is 8.79. The van der Waals surface area contributed by atoms with Gasteiger partial charge in [0, 0.05) is 30.8 Å². The Balaban J connectivity index is 2.25. The highest BCUT2D eigenvalue weighted by molar-refractivity contribution is 9.11. The van der Waals surface area contributed by atoms with Crippen LogP contribution in [0.4, 0.5) is 0 Å². The standard InChI is InChI=1S/C13H12Br3NS/c1-17-12(7-13-11(16)2-3-18-13)8-4-9(14)6-10(15)5-8/h2-6,12,17H,7H2,1H3. The summed E-state index contributed by atoms with van der Waals surface area (Å²) in [5, 5.41) is 5.50. The van der Waals surface area contributed by atoms with Gasteiger partial charge in [0.2, 0.25) is 0 Å². The maximum atomic E-state index is 3.59. The quantitative estimate of drug-likeness (QED) is 0.641. The van der Waals surface area contributed by atoms with Crippen molar-refractivity contribution < 1.29 is 0 Å². The van der Waals surface area contributed by atoms with Gasteiger partial charge in [-0.3, -0.25) is 0 Å². The summed E-state index contributed by atoms with van der Waals surface area (Å²) < 4.78 is 3.39. The number of hydrogen-bond donors (Lipinski definition) is 1. The molecule has 0 saturated carbocycles. The molecule has 0 radical (unpaired) electrons. The molecule has 0 bridgehead atoms. The third-order valence-electron chi connectivity index (χ3n) is 2.72. The van der Waals surface area contributed by atoms with E-state index in [-0.39, 0.29) is 0 Å². The molecule has 0 aliphatic heterocycles. The molecule has 0 amide bonds. The largest absolute Gasteiger partial charge is 0.313 e. The average Bonchev–Trinajstić information content (AvgIpc) is 2.70. The maximum Gasteiger partial charge on any atom is 0.0367 e. The van der Waals surface area contributed by atoms with Gasteiger partial charge in [-0.15, -0.1) is 11.3 Å². The van der Waals surface area contributed by atoms with Crippen LogP contribution in [0.25, 0.3) is 0 Å². The number of hydrogen-bond acceptors (Lipinski definition) is 2. The zero-order valence-corrected chi connectivity index (χ0v) is 15.3. The lowest BCUT2D eigenvalue weighted by Crippen LogP contribution is -2.18. The summed E-state index contributed by atoms with van der Waals surface area (Å²) >= 11 is 12.5. The second kappa shape index (κ2) is 6.66. The van der Waals surface area contributed by atoms with Gasteiger partial charge in [0.25, 0.3) is 0 Å². The van der Waals surface area contributed by atoms with Gasteiger partial charge in [0.15, 0.2) is 0 Å². The first-order valence-electron chi connectivity index (χ1n) is 5.45. The van der Waals surface area contributed by atoms with Gasteiger partial charge >= 0.3 is 0 Å². The van der Waals surface area contributed by atoms with Crippen LogP contribution in [-0.2, 0) is 6.42 Å². The normalized spacial score (nSPS) is 12.7. The van der Waals surface area contributed by atoms with Crippen LogP contribution in [0.15, 0.2) is 43.1 Å². The molecule has 1 heterocycles. The molecule has 2 rings (SSSR count). The molecule has 96 valence electrons. The van der Waals surface area contributed by atoms with Crippen LogP contribution >= 0.6 is 59.1 Å². The summed E-state index contributed by atoms with van der Waals surface area (Å²) in [5.74, 6) is 0. The van der Waals surface area contributed by atoms with Gasteiger partial charge in [0.05, 0.1) is 0 Å². The van der Waals surface area contributed by atoms with Crippen molar-refractivity contribution in [1.29, 1.82) is 0 Å². The minimum absolute atomic E-state index is 0.314. The van der Waals surface area contributed by atoms with E-state index in [0.29, 0.717) is 6.04 Å². The molecule has 0 saturated heterocycles. The molecule has 0 fully saturated rings. The fraction of sp³-hybridized carbons (Fsp3) is 0.231. The summed E-state index contributed by atoms with van der Waals surface area (Å²) in [6.07, 6.45) is 0.984. The SMILES string of the molecule is CNC(Cc1sccc1Br)c1cc(Br)cc(Br)c1. The molecule has 1 aromatic heterocycles. The van der Waals surface area contributed by atoms with Crippen molar-refractivity contribution in [1.82, 2.24) is 5.32 Å². The lowest BCUT2D eigenvalue weighted by atomic mass is 10.0. The molecule has 1 unspecified atom stereocenters. The van der Waals surface area contributed by atoms with E-state index < -0.39 is 0 Å². The molecule has 18 heavy (non-hydrogen) atoms. The van der Waals surface area contributed by atoms with Crippen LogP contribution < -0.4 is 5.32 Å². The predicted octanol–water partition coefficient (Wildman–Crippen LogP) is 5.54. The van der Waals surface area contributed by atoms with E-state index in [1.54, 1.807) is 11.3 Å². The Kier molecular flexibility index (Phi) is 5.45. The van der Waals surface area contributed by atoms with E-state index in [4.69, 9.17) is 0 Å². The first-order valence-corrected chi connectivity index (χ1v) is 8.71. The van der Waals surface area contributed by atoms with Crippen LogP contribution in [0.2, 0.25) is 0 Å². The van der Waals surface area contributed by atoms with Gasteiger partial charge in [0.1, 0.15) is 0 Å². The number of likely N-dealkylation sites (N-methyl/N-ethyl adjacent to an activating group) is 1. The number of benzene rings is 1. The average molecular weight is 454 g/mol. The van der Waals surface area contributed by atoms with Crippen molar-refractivity contribution in [3.8, 4) is 0 Å². The van der Waals surface area contributed by atoms with Crippen LogP contribution in [0.5, 0.6) is 0 Å². The van der Waals surface area contributed by atoms with Gasteiger partial charge < -0.3 is 5.32 Å². The second-order valence-corrected chi connectivity index (χ2v) is 7.63. The lowest BCUT2D eigenvalue weighted by molar-refractivity contribution is 0.595. The maximum absolute atomic E-state index is 3.59. The Hall–Kier alpha value is 0.320. The highest BCUT2D eigenvalue weighted by Crippen LogP contribution is 2.30. The lowest BCUT2D eigenvalue weighted by Gasteiger charge is -2.17. The van der Waals surface area contributed by atoms with Crippen molar-refractivity contribution >= 4 is 59.1 Å². The molecule has 1 nitrogen and oxygen atoms in total. The minimum atomic E-state index is 0.314. The Morgan fingerprint density at radius 1 is 1.17 bits per heavy atom. The molecule has 1 atom stereocenters. The van der Waals surface area contributed by atoms with Crippen molar-refractivity contribution in [2.45, 2.75) is 12.5 Å². The molecule has 5 heteroatoms. The first kappa shape index (κ1) is 14.7. The monoisotopic (exact) mass is 451 g/mol. The molecule has 0 aliphatic rings. The van der Waals surface area contributed by atoms with E-state index in [2.05, 4.69) is 82.8 Å². The fourth-order valence-corrected chi connectivity index (χ4v) is 4.71. The molecule has 1 aromatic carbocycles. The highest BCUT2D eigenvalue weighted by atomic mass is 79.9. The van der Waals surface area contributed by atoms with Gasteiger partial charge in [-0.2, -0.15) is 0 Å². The van der Waals surface area contributed by atoms with Gasteiger partial charge in [-0.05, 0) is 58.2 Å². The molecule has 1 N–H and O–H groups in total. The van der Waals surface area contributed by atoms with E-state index in [9.17, 15) is 0 Å². The summed E-state index contributed by atoms with van der Waals surface area (Å²) in [7, 11) is 2.00. The highest BCUT2D eigenvalue weighted by Gasteiger charge is 2.14. The number of nitrogens with one attached hydrogen (secondary N) is 1. The number of rotatable bonds is 4. The van der Waals surface area contributed by atoms with Crippen LogP contribution in [0.3, 0.4) is 0 Å². The summed E-state index contributed by atoms with van der Waals surface area (Å²) in [6.45, 7) is 0. The Morgan fingerprint density at radius 3 is 2.33 bits per heavy atom. The number of thiophene rings is 1. The Morgan fingerprint density at radius 2 is 1.83 bits per heavy atom. The zero-order chi connectivity index (χ0) is 13.1. The Bertz CT molecular complexity index is 519. The van der Waals surface area contributed by atoms with Crippen molar-refractivity contribution in [2.24, 2.45) is 0 Å². The number of halogens is 3. The fourth-order valence-electron chi connectivity index (χ4n) is 1.82. The molecular formula is C13H12Br3NS. The summed E-state index contributed by atoms with van der Waals surface area (Å²) in [4.78, 5) is 1.37. The van der Waals surface area contributed by atoms with E-state index in [1.807, 2.05) is 7.05 Å². The predicted molar refractivity (Wildman–Crippen MR) is 89.4 cm³/mol. The Labute approximate surface area is 136 Å². The van der Waals surface area contributed by atoms with Gasteiger partial charge in [-0.1, -0.05) is 31.9 Å².